The molecular weight excluding hydrogens is 324 g/mol. The molecule has 0 atom stereocenters. The van der Waals surface area contributed by atoms with Gasteiger partial charge in [-0.25, -0.2) is 8.42 Å². The molecule has 5 nitrogen and oxygen atoms in total. The lowest BCUT2D eigenvalue weighted by Gasteiger charge is -2.18. The van der Waals surface area contributed by atoms with E-state index in [9.17, 15) is 13.2 Å². The van der Waals surface area contributed by atoms with Gasteiger partial charge in [-0.15, -0.1) is 0 Å². The van der Waals surface area contributed by atoms with E-state index in [0.29, 0.717) is 17.8 Å². The molecule has 0 unspecified atom stereocenters. The Morgan fingerprint density at radius 2 is 1.71 bits per heavy atom. The van der Waals surface area contributed by atoms with Crippen LogP contribution in [0, 0.1) is 13.8 Å². The normalized spacial score (nSPS) is 11.2. The largest absolute Gasteiger partial charge is 0.337 e. The van der Waals surface area contributed by atoms with Crippen molar-refractivity contribution in [3.05, 3.63) is 64.7 Å². The summed E-state index contributed by atoms with van der Waals surface area (Å²) in [7, 11) is -1.66. The molecule has 0 aromatic heterocycles. The van der Waals surface area contributed by atoms with Gasteiger partial charge in [0, 0.05) is 19.2 Å². The molecule has 0 aliphatic heterocycles. The van der Waals surface area contributed by atoms with E-state index in [1.54, 1.807) is 37.1 Å². The van der Waals surface area contributed by atoms with E-state index in [1.165, 1.54) is 5.56 Å². The molecule has 0 spiro atoms. The molecule has 2 aromatic rings. The summed E-state index contributed by atoms with van der Waals surface area (Å²) < 4.78 is 25.3. The van der Waals surface area contributed by atoms with Gasteiger partial charge in [-0.2, -0.15) is 0 Å². The van der Waals surface area contributed by atoms with E-state index in [1.807, 2.05) is 31.2 Å². The van der Waals surface area contributed by atoms with Crippen molar-refractivity contribution in [2.75, 3.05) is 18.0 Å². The summed E-state index contributed by atoms with van der Waals surface area (Å²) in [5, 5.41) is 0. The molecule has 0 radical (unpaired) electrons. The number of aryl methyl sites for hydroxylation is 2. The van der Waals surface area contributed by atoms with Crippen LogP contribution in [0.4, 0.5) is 5.69 Å². The Balaban J connectivity index is 2.19. The predicted octanol–water partition coefficient (Wildman–Crippen LogP) is 2.95. The van der Waals surface area contributed by atoms with Gasteiger partial charge in [0.1, 0.15) is 0 Å². The van der Waals surface area contributed by atoms with Gasteiger partial charge in [-0.3, -0.25) is 9.52 Å². The van der Waals surface area contributed by atoms with E-state index in [4.69, 9.17) is 0 Å². The standard InChI is InChI=1S/C18H22N2O3S/c1-13-5-8-15(9-6-13)12-20(3)18(21)16-10-7-14(2)17(11-16)19-24(4,22)23/h5-11,19H,12H2,1-4H3. The van der Waals surface area contributed by atoms with Crippen LogP contribution < -0.4 is 4.72 Å². The van der Waals surface area contributed by atoms with Crippen LogP contribution in [0.25, 0.3) is 0 Å². The smallest absolute Gasteiger partial charge is 0.253 e. The predicted molar refractivity (Wildman–Crippen MR) is 96.6 cm³/mol. The lowest BCUT2D eigenvalue weighted by molar-refractivity contribution is 0.0785. The molecule has 2 rings (SSSR count). The molecule has 0 fully saturated rings. The van der Waals surface area contributed by atoms with Crippen LogP contribution in [0.2, 0.25) is 0 Å². The average molecular weight is 346 g/mol. The number of anilines is 1. The summed E-state index contributed by atoms with van der Waals surface area (Å²) in [4.78, 5) is 14.2. The minimum Gasteiger partial charge on any atom is -0.337 e. The van der Waals surface area contributed by atoms with Gasteiger partial charge in [-0.05, 0) is 37.1 Å². The van der Waals surface area contributed by atoms with Crippen LogP contribution in [0.5, 0.6) is 0 Å². The second-order valence-electron chi connectivity index (χ2n) is 6.05. The number of hydrogen-bond donors (Lipinski definition) is 1. The van der Waals surface area contributed by atoms with E-state index in [-0.39, 0.29) is 5.91 Å². The molecule has 0 saturated carbocycles. The SMILES string of the molecule is Cc1ccc(CN(C)C(=O)c2ccc(C)c(NS(C)(=O)=O)c2)cc1. The van der Waals surface area contributed by atoms with Crippen LogP contribution in [0.1, 0.15) is 27.0 Å². The first-order valence-corrected chi connectivity index (χ1v) is 9.44. The van der Waals surface area contributed by atoms with Crippen molar-refractivity contribution in [3.63, 3.8) is 0 Å². The number of nitrogens with zero attached hydrogens (tertiary/aromatic N) is 1. The van der Waals surface area contributed by atoms with Crippen molar-refractivity contribution < 1.29 is 13.2 Å². The molecule has 6 heteroatoms. The summed E-state index contributed by atoms with van der Waals surface area (Å²) in [5.74, 6) is -0.160. The fraction of sp³-hybridized carbons (Fsp3) is 0.278. The third-order valence-electron chi connectivity index (χ3n) is 3.67. The zero-order chi connectivity index (χ0) is 17.9. The van der Waals surface area contributed by atoms with E-state index < -0.39 is 10.0 Å². The van der Waals surface area contributed by atoms with E-state index in [2.05, 4.69) is 4.72 Å². The monoisotopic (exact) mass is 346 g/mol. The van der Waals surface area contributed by atoms with E-state index >= 15 is 0 Å². The van der Waals surface area contributed by atoms with Gasteiger partial charge in [0.2, 0.25) is 10.0 Å². The molecule has 24 heavy (non-hydrogen) atoms. The van der Waals surface area contributed by atoms with Crippen LogP contribution in [-0.2, 0) is 16.6 Å². The molecule has 0 aliphatic rings. The zero-order valence-electron chi connectivity index (χ0n) is 14.3. The highest BCUT2D eigenvalue weighted by Gasteiger charge is 2.14. The third-order valence-corrected chi connectivity index (χ3v) is 4.26. The lowest BCUT2D eigenvalue weighted by Crippen LogP contribution is -2.26. The Morgan fingerprint density at radius 1 is 1.08 bits per heavy atom. The number of carbonyl (C=O) groups is 1. The van der Waals surface area contributed by atoms with Crippen LogP contribution in [-0.4, -0.2) is 32.5 Å². The number of sulfonamides is 1. The lowest BCUT2D eigenvalue weighted by atomic mass is 10.1. The number of rotatable bonds is 5. The molecule has 0 bridgehead atoms. The second-order valence-corrected chi connectivity index (χ2v) is 7.80. The summed E-state index contributed by atoms with van der Waals surface area (Å²) in [6, 6.07) is 13.0. The van der Waals surface area contributed by atoms with Gasteiger partial charge < -0.3 is 4.90 Å². The Labute approximate surface area is 143 Å². The Kier molecular flexibility index (Phi) is 5.29. The zero-order valence-corrected chi connectivity index (χ0v) is 15.1. The van der Waals surface area contributed by atoms with Crippen LogP contribution in [0.3, 0.4) is 0 Å². The topological polar surface area (TPSA) is 66.5 Å². The maximum Gasteiger partial charge on any atom is 0.253 e. The van der Waals surface area contributed by atoms with Gasteiger partial charge in [0.25, 0.3) is 5.91 Å². The minimum absolute atomic E-state index is 0.160. The van der Waals surface area contributed by atoms with Crippen molar-refractivity contribution in [1.82, 2.24) is 4.90 Å². The highest BCUT2D eigenvalue weighted by molar-refractivity contribution is 7.92. The summed E-state index contributed by atoms with van der Waals surface area (Å²) in [5.41, 5.74) is 3.84. The Morgan fingerprint density at radius 3 is 2.29 bits per heavy atom. The maximum absolute atomic E-state index is 12.6. The third kappa shape index (κ3) is 4.83. The van der Waals surface area contributed by atoms with Gasteiger partial charge in [0.05, 0.1) is 11.9 Å². The number of carbonyl (C=O) groups excluding carboxylic acids is 1. The van der Waals surface area contributed by atoms with Gasteiger partial charge in [-0.1, -0.05) is 35.9 Å². The maximum atomic E-state index is 12.6. The second kappa shape index (κ2) is 7.05. The first kappa shape index (κ1) is 18.0. The molecule has 1 amide bonds. The van der Waals surface area contributed by atoms with Gasteiger partial charge >= 0.3 is 0 Å². The van der Waals surface area contributed by atoms with Crippen LogP contribution in [0.15, 0.2) is 42.5 Å². The number of amides is 1. The first-order valence-electron chi connectivity index (χ1n) is 7.55. The van der Waals surface area contributed by atoms with E-state index in [0.717, 1.165) is 17.4 Å². The van der Waals surface area contributed by atoms with Crippen molar-refractivity contribution in [3.8, 4) is 0 Å². The summed E-state index contributed by atoms with van der Waals surface area (Å²) in [6.45, 7) is 4.29. The highest BCUT2D eigenvalue weighted by Crippen LogP contribution is 2.19. The molecule has 0 heterocycles. The molecule has 128 valence electrons. The van der Waals surface area contributed by atoms with Gasteiger partial charge in [0.15, 0.2) is 0 Å². The van der Waals surface area contributed by atoms with Crippen molar-refractivity contribution in [1.29, 1.82) is 0 Å². The van der Waals surface area contributed by atoms with Crippen molar-refractivity contribution in [2.45, 2.75) is 20.4 Å². The Hall–Kier alpha value is -2.34. The fourth-order valence-electron chi connectivity index (χ4n) is 2.32. The number of hydrogen-bond acceptors (Lipinski definition) is 3. The average Bonchev–Trinajstić information content (AvgIpc) is 2.49. The fourth-order valence-corrected chi connectivity index (χ4v) is 2.94. The molecule has 2 aromatic carbocycles. The first-order chi connectivity index (χ1) is 11.2. The van der Waals surface area contributed by atoms with Crippen molar-refractivity contribution in [2.24, 2.45) is 0 Å². The van der Waals surface area contributed by atoms with Crippen molar-refractivity contribution >= 4 is 21.6 Å². The summed E-state index contributed by atoms with van der Waals surface area (Å²) in [6.07, 6.45) is 1.09. The van der Waals surface area contributed by atoms with Crippen LogP contribution >= 0.6 is 0 Å². The molecule has 1 N–H and O–H groups in total. The number of nitrogens with one attached hydrogen (secondary N) is 1. The quantitative estimate of drug-likeness (QED) is 0.905. The number of benzene rings is 2. The summed E-state index contributed by atoms with van der Waals surface area (Å²) >= 11 is 0. The molecule has 0 aliphatic carbocycles. The highest BCUT2D eigenvalue weighted by atomic mass is 32.2. The molecular formula is C18H22N2O3S. The minimum atomic E-state index is -3.39. The molecule has 0 saturated heterocycles. The Bertz CT molecular complexity index is 843.